The molecule has 62 valence electrons. The van der Waals surface area contributed by atoms with E-state index in [0.717, 1.165) is 0 Å². The van der Waals surface area contributed by atoms with E-state index in [1.807, 2.05) is 13.8 Å². The summed E-state index contributed by atoms with van der Waals surface area (Å²) in [4.78, 5) is 6.92. The Labute approximate surface area is 70.9 Å². The number of hydrogen-bond donors (Lipinski definition) is 0. The molecule has 0 amide bonds. The van der Waals surface area contributed by atoms with Crippen LogP contribution in [-0.2, 0) is 0 Å². The van der Waals surface area contributed by atoms with Crippen LogP contribution in [0.1, 0.15) is 25.5 Å². The molecule has 0 aliphatic carbocycles. The van der Waals surface area contributed by atoms with Crippen LogP contribution in [0.5, 0.6) is 0 Å². The van der Waals surface area contributed by atoms with Crippen molar-refractivity contribution in [2.45, 2.75) is 19.8 Å². The van der Waals surface area contributed by atoms with Crippen LogP contribution in [0.4, 0.5) is 10.1 Å². The standard InChI is InChI=1S/C9H9FN2/c1-6(2)9-8(10)7(11-3)4-5-12-9/h4-6H,1-2H3. The number of aromatic nitrogens is 1. The fourth-order valence-electron chi connectivity index (χ4n) is 0.938. The van der Waals surface area contributed by atoms with E-state index in [0.29, 0.717) is 5.69 Å². The quantitative estimate of drug-likeness (QED) is 0.583. The van der Waals surface area contributed by atoms with Crippen molar-refractivity contribution in [2.75, 3.05) is 0 Å². The third-order valence-corrected chi connectivity index (χ3v) is 1.56. The van der Waals surface area contributed by atoms with Gasteiger partial charge < -0.3 is 0 Å². The van der Waals surface area contributed by atoms with Crippen molar-refractivity contribution in [1.29, 1.82) is 0 Å². The van der Waals surface area contributed by atoms with Gasteiger partial charge in [-0.05, 0) is 12.0 Å². The van der Waals surface area contributed by atoms with Crippen LogP contribution in [0.2, 0.25) is 0 Å². The Hall–Kier alpha value is -1.43. The monoisotopic (exact) mass is 164 g/mol. The maximum atomic E-state index is 13.2. The highest BCUT2D eigenvalue weighted by Gasteiger charge is 2.11. The first-order valence-corrected chi connectivity index (χ1v) is 3.68. The molecule has 0 radical (unpaired) electrons. The largest absolute Gasteiger partial charge is 0.261 e. The van der Waals surface area contributed by atoms with Gasteiger partial charge in [0.05, 0.1) is 12.3 Å². The summed E-state index contributed by atoms with van der Waals surface area (Å²) in [6.45, 7) is 10.4. The molecule has 0 N–H and O–H groups in total. The number of halogens is 1. The Morgan fingerprint density at radius 1 is 1.58 bits per heavy atom. The second-order valence-corrected chi connectivity index (χ2v) is 2.80. The molecule has 0 aliphatic rings. The Morgan fingerprint density at radius 3 is 2.75 bits per heavy atom. The van der Waals surface area contributed by atoms with Gasteiger partial charge in [-0.15, -0.1) is 0 Å². The van der Waals surface area contributed by atoms with Gasteiger partial charge in [-0.2, -0.15) is 0 Å². The highest BCUT2D eigenvalue weighted by Crippen LogP contribution is 2.23. The predicted octanol–water partition coefficient (Wildman–Crippen LogP) is 2.89. The highest BCUT2D eigenvalue weighted by molar-refractivity contribution is 5.46. The van der Waals surface area contributed by atoms with E-state index in [9.17, 15) is 4.39 Å². The van der Waals surface area contributed by atoms with Gasteiger partial charge in [0, 0.05) is 6.20 Å². The van der Waals surface area contributed by atoms with E-state index in [2.05, 4.69) is 9.83 Å². The summed E-state index contributed by atoms with van der Waals surface area (Å²) in [6.07, 6.45) is 1.46. The summed E-state index contributed by atoms with van der Waals surface area (Å²) in [5, 5.41) is 0. The van der Waals surface area contributed by atoms with Crippen molar-refractivity contribution in [3.05, 3.63) is 35.2 Å². The normalized spacial score (nSPS) is 9.92. The second kappa shape index (κ2) is 3.31. The van der Waals surface area contributed by atoms with Crippen LogP contribution in [0, 0.1) is 12.4 Å². The van der Waals surface area contributed by atoms with Gasteiger partial charge in [-0.25, -0.2) is 9.24 Å². The molecule has 0 aromatic carbocycles. The van der Waals surface area contributed by atoms with Gasteiger partial charge in [0.15, 0.2) is 5.82 Å². The van der Waals surface area contributed by atoms with Crippen LogP contribution < -0.4 is 0 Å². The van der Waals surface area contributed by atoms with Crippen molar-refractivity contribution < 1.29 is 4.39 Å². The van der Waals surface area contributed by atoms with Gasteiger partial charge >= 0.3 is 0 Å². The predicted molar refractivity (Wildman–Crippen MR) is 44.5 cm³/mol. The summed E-state index contributed by atoms with van der Waals surface area (Å²) in [5.41, 5.74) is 0.414. The van der Waals surface area contributed by atoms with E-state index in [4.69, 9.17) is 6.57 Å². The van der Waals surface area contributed by atoms with Gasteiger partial charge in [0.2, 0.25) is 5.69 Å². The lowest BCUT2D eigenvalue weighted by atomic mass is 10.1. The van der Waals surface area contributed by atoms with E-state index in [1.54, 1.807) is 0 Å². The number of pyridine rings is 1. The lowest BCUT2D eigenvalue weighted by Gasteiger charge is -2.05. The van der Waals surface area contributed by atoms with Gasteiger partial charge in [0.1, 0.15) is 0 Å². The van der Waals surface area contributed by atoms with E-state index >= 15 is 0 Å². The minimum Gasteiger partial charge on any atom is -0.261 e. The topological polar surface area (TPSA) is 17.2 Å². The van der Waals surface area contributed by atoms with E-state index in [1.165, 1.54) is 12.3 Å². The SMILES string of the molecule is [C-]#[N+]c1ccnc(C(C)C)c1F. The van der Waals surface area contributed by atoms with Crippen LogP contribution in [-0.4, -0.2) is 4.98 Å². The van der Waals surface area contributed by atoms with Crippen LogP contribution >= 0.6 is 0 Å². The lowest BCUT2D eigenvalue weighted by Crippen LogP contribution is -1.96. The zero-order valence-electron chi connectivity index (χ0n) is 7.00. The van der Waals surface area contributed by atoms with Crippen LogP contribution in [0.3, 0.4) is 0 Å². The summed E-state index contributed by atoms with van der Waals surface area (Å²) in [7, 11) is 0. The average Bonchev–Trinajstić information content (AvgIpc) is 2.04. The zero-order chi connectivity index (χ0) is 9.14. The molecule has 0 bridgehead atoms. The molecule has 0 atom stereocenters. The fraction of sp³-hybridized carbons (Fsp3) is 0.333. The fourth-order valence-corrected chi connectivity index (χ4v) is 0.938. The molecule has 1 rings (SSSR count). The van der Waals surface area contributed by atoms with Crippen molar-refractivity contribution in [3.63, 3.8) is 0 Å². The van der Waals surface area contributed by atoms with Gasteiger partial charge in [-0.3, -0.25) is 4.98 Å². The first-order valence-electron chi connectivity index (χ1n) is 3.68. The first kappa shape index (κ1) is 8.66. The highest BCUT2D eigenvalue weighted by atomic mass is 19.1. The van der Waals surface area contributed by atoms with Crippen molar-refractivity contribution >= 4 is 5.69 Å². The number of hydrogen-bond acceptors (Lipinski definition) is 1. The summed E-state index contributed by atoms with van der Waals surface area (Å²) in [5.74, 6) is -0.464. The summed E-state index contributed by atoms with van der Waals surface area (Å²) >= 11 is 0. The van der Waals surface area contributed by atoms with Crippen molar-refractivity contribution in [1.82, 2.24) is 4.98 Å². The third kappa shape index (κ3) is 1.42. The summed E-state index contributed by atoms with van der Waals surface area (Å²) < 4.78 is 13.2. The van der Waals surface area contributed by atoms with E-state index in [-0.39, 0.29) is 11.6 Å². The zero-order valence-corrected chi connectivity index (χ0v) is 7.00. The molecule has 0 aliphatic heterocycles. The molecule has 0 unspecified atom stereocenters. The lowest BCUT2D eigenvalue weighted by molar-refractivity contribution is 0.590. The van der Waals surface area contributed by atoms with Gasteiger partial charge in [-0.1, -0.05) is 13.8 Å². The third-order valence-electron chi connectivity index (χ3n) is 1.56. The smallest absolute Gasteiger partial charge is 0.225 e. The van der Waals surface area contributed by atoms with Crippen molar-refractivity contribution in [3.8, 4) is 0 Å². The Balaban J connectivity index is 3.25. The Morgan fingerprint density at radius 2 is 2.25 bits per heavy atom. The molecule has 1 heterocycles. The Bertz CT molecular complexity index is 326. The molecular formula is C9H9FN2. The molecular weight excluding hydrogens is 155 g/mol. The molecule has 1 aromatic heterocycles. The molecule has 0 saturated heterocycles. The molecule has 1 aromatic rings. The minimum absolute atomic E-state index is 0.0201. The Kier molecular flexibility index (Phi) is 2.39. The molecule has 3 heteroatoms. The first-order chi connectivity index (χ1) is 5.66. The number of rotatable bonds is 1. The molecule has 2 nitrogen and oxygen atoms in total. The van der Waals surface area contributed by atoms with Crippen LogP contribution in [0.25, 0.3) is 4.85 Å². The summed E-state index contributed by atoms with van der Waals surface area (Å²) in [6, 6.07) is 1.38. The minimum atomic E-state index is -0.484. The van der Waals surface area contributed by atoms with Crippen LogP contribution in [0.15, 0.2) is 12.3 Å². The molecule has 0 spiro atoms. The van der Waals surface area contributed by atoms with Crippen molar-refractivity contribution in [2.24, 2.45) is 0 Å². The van der Waals surface area contributed by atoms with Gasteiger partial charge in [0.25, 0.3) is 0 Å². The average molecular weight is 164 g/mol. The molecule has 0 saturated carbocycles. The maximum absolute atomic E-state index is 13.2. The van der Waals surface area contributed by atoms with E-state index < -0.39 is 5.82 Å². The molecule has 12 heavy (non-hydrogen) atoms. The maximum Gasteiger partial charge on any atom is 0.225 e. The number of nitrogens with zero attached hydrogens (tertiary/aromatic N) is 2. The molecule has 0 fully saturated rings. The second-order valence-electron chi connectivity index (χ2n) is 2.80.